The summed E-state index contributed by atoms with van der Waals surface area (Å²) in [5.41, 5.74) is 1.17. The third-order valence-electron chi connectivity index (χ3n) is 2.91. The van der Waals surface area contributed by atoms with Gasteiger partial charge in [-0.3, -0.25) is 0 Å². The molecule has 1 aromatic carbocycles. The maximum Gasteiger partial charge on any atom is 0.0424 e. The minimum atomic E-state index is 0.338. The molecule has 0 aliphatic carbocycles. The molecule has 0 amide bonds. The molecule has 1 unspecified atom stereocenters. The van der Waals surface area contributed by atoms with E-state index in [1.54, 1.807) is 6.07 Å². The monoisotopic (exact) mass is 273 g/mol. The Bertz CT molecular complexity index is 330. The largest absolute Gasteiger partial charge is 0.313 e. The molecule has 0 saturated heterocycles. The van der Waals surface area contributed by atoms with Gasteiger partial charge in [0, 0.05) is 16.1 Å². The predicted octanol–water partition coefficient (Wildman–Crippen LogP) is 5.08. The van der Waals surface area contributed by atoms with E-state index in [1.807, 2.05) is 19.2 Å². The van der Waals surface area contributed by atoms with E-state index in [4.69, 9.17) is 23.2 Å². The lowest BCUT2D eigenvalue weighted by Gasteiger charge is -2.18. The first-order valence-corrected chi connectivity index (χ1v) is 6.91. The quantitative estimate of drug-likeness (QED) is 0.762. The van der Waals surface area contributed by atoms with Gasteiger partial charge >= 0.3 is 0 Å². The van der Waals surface area contributed by atoms with E-state index in [0.717, 1.165) is 12.3 Å². The Morgan fingerprint density at radius 3 is 2.12 bits per heavy atom. The third-order valence-corrected chi connectivity index (χ3v) is 3.35. The van der Waals surface area contributed by atoms with Crippen molar-refractivity contribution in [1.29, 1.82) is 0 Å². The van der Waals surface area contributed by atoms with E-state index in [2.05, 4.69) is 19.2 Å². The highest BCUT2D eigenvalue weighted by Crippen LogP contribution is 2.26. The van der Waals surface area contributed by atoms with Gasteiger partial charge < -0.3 is 5.32 Å². The lowest BCUT2D eigenvalue weighted by Crippen LogP contribution is -2.16. The van der Waals surface area contributed by atoms with Crippen LogP contribution in [-0.4, -0.2) is 7.05 Å². The Kier molecular flexibility index (Phi) is 6.32. The Morgan fingerprint density at radius 1 is 1.06 bits per heavy atom. The number of hydrogen-bond acceptors (Lipinski definition) is 1. The topological polar surface area (TPSA) is 12.0 Å². The van der Waals surface area contributed by atoms with E-state index in [-0.39, 0.29) is 0 Å². The number of nitrogens with one attached hydrogen (secondary N) is 1. The van der Waals surface area contributed by atoms with Crippen LogP contribution in [0.1, 0.15) is 44.7 Å². The van der Waals surface area contributed by atoms with Crippen molar-refractivity contribution in [3.63, 3.8) is 0 Å². The van der Waals surface area contributed by atoms with Crippen LogP contribution < -0.4 is 5.32 Å². The maximum atomic E-state index is 6.02. The number of halogens is 2. The molecule has 0 aliphatic heterocycles. The molecule has 17 heavy (non-hydrogen) atoms. The van der Waals surface area contributed by atoms with Gasteiger partial charge in [-0.15, -0.1) is 0 Å². The van der Waals surface area contributed by atoms with E-state index in [9.17, 15) is 0 Å². The highest BCUT2D eigenvalue weighted by Gasteiger charge is 2.10. The molecule has 96 valence electrons. The van der Waals surface area contributed by atoms with E-state index in [1.165, 1.54) is 18.4 Å². The zero-order valence-electron chi connectivity index (χ0n) is 10.8. The summed E-state index contributed by atoms with van der Waals surface area (Å²) in [7, 11) is 1.98. The first-order chi connectivity index (χ1) is 8.02. The molecule has 1 nitrogen and oxygen atoms in total. The summed E-state index contributed by atoms with van der Waals surface area (Å²) in [5, 5.41) is 4.74. The van der Waals surface area contributed by atoms with Gasteiger partial charge in [-0.1, -0.05) is 49.9 Å². The van der Waals surface area contributed by atoms with Crippen molar-refractivity contribution in [2.75, 3.05) is 7.05 Å². The van der Waals surface area contributed by atoms with Crippen LogP contribution in [0.3, 0.4) is 0 Å². The third kappa shape index (κ3) is 5.29. The molecule has 3 heteroatoms. The van der Waals surface area contributed by atoms with Crippen LogP contribution in [0.4, 0.5) is 0 Å². The van der Waals surface area contributed by atoms with E-state index in [0.29, 0.717) is 16.1 Å². The van der Waals surface area contributed by atoms with Gasteiger partial charge in [0.1, 0.15) is 0 Å². The summed E-state index contributed by atoms with van der Waals surface area (Å²) in [6.07, 6.45) is 3.59. The van der Waals surface area contributed by atoms with E-state index >= 15 is 0 Å². The van der Waals surface area contributed by atoms with Crippen LogP contribution in [0.25, 0.3) is 0 Å². The van der Waals surface area contributed by atoms with Gasteiger partial charge in [0.05, 0.1) is 0 Å². The van der Waals surface area contributed by atoms with Gasteiger partial charge in [-0.2, -0.15) is 0 Å². The van der Waals surface area contributed by atoms with Crippen molar-refractivity contribution in [1.82, 2.24) is 5.32 Å². The molecule has 0 bridgehead atoms. The van der Waals surface area contributed by atoms with Crippen LogP contribution in [0.5, 0.6) is 0 Å². The normalized spacial score (nSPS) is 13.1. The summed E-state index contributed by atoms with van der Waals surface area (Å²) in [5.74, 6) is 0.760. The molecule has 1 N–H and O–H groups in total. The fraction of sp³-hybridized carbons (Fsp3) is 0.571. The van der Waals surface area contributed by atoms with Crippen molar-refractivity contribution in [3.05, 3.63) is 33.8 Å². The standard InChI is InChI=1S/C14H21Cl2N/c1-10(2)5-4-6-14(17-3)11-7-12(15)9-13(16)8-11/h7-10,14,17H,4-6H2,1-3H3. The molecule has 0 aromatic heterocycles. The van der Waals surface area contributed by atoms with Crippen molar-refractivity contribution < 1.29 is 0 Å². The van der Waals surface area contributed by atoms with Crippen LogP contribution in [-0.2, 0) is 0 Å². The summed E-state index contributed by atoms with van der Waals surface area (Å²) in [6.45, 7) is 4.51. The van der Waals surface area contributed by atoms with Gasteiger partial charge in [0.2, 0.25) is 0 Å². The predicted molar refractivity (Wildman–Crippen MR) is 77.0 cm³/mol. The number of hydrogen-bond donors (Lipinski definition) is 1. The molecular weight excluding hydrogens is 253 g/mol. The fourth-order valence-electron chi connectivity index (χ4n) is 1.98. The first kappa shape index (κ1) is 14.8. The summed E-state index contributed by atoms with van der Waals surface area (Å²) >= 11 is 12.0. The Hall–Kier alpha value is -0.240. The van der Waals surface area contributed by atoms with Gasteiger partial charge in [-0.25, -0.2) is 0 Å². The smallest absolute Gasteiger partial charge is 0.0424 e. The molecule has 0 spiro atoms. The molecule has 0 saturated carbocycles. The zero-order valence-corrected chi connectivity index (χ0v) is 12.3. The highest BCUT2D eigenvalue weighted by molar-refractivity contribution is 6.34. The summed E-state index contributed by atoms with van der Waals surface area (Å²) in [6, 6.07) is 6.09. The maximum absolute atomic E-state index is 6.02. The second kappa shape index (κ2) is 7.25. The SMILES string of the molecule is CNC(CCCC(C)C)c1cc(Cl)cc(Cl)c1. The van der Waals surface area contributed by atoms with Crippen molar-refractivity contribution in [2.24, 2.45) is 5.92 Å². The van der Waals surface area contributed by atoms with Crippen LogP contribution in [0.15, 0.2) is 18.2 Å². The van der Waals surface area contributed by atoms with Crippen molar-refractivity contribution in [3.8, 4) is 0 Å². The minimum absolute atomic E-state index is 0.338. The Labute approximate surface area is 115 Å². The Balaban J connectivity index is 2.65. The minimum Gasteiger partial charge on any atom is -0.313 e. The molecule has 0 fully saturated rings. The molecule has 1 rings (SSSR count). The summed E-state index contributed by atoms with van der Waals surface area (Å²) < 4.78 is 0. The number of benzene rings is 1. The average Bonchev–Trinajstić information content (AvgIpc) is 2.22. The zero-order chi connectivity index (χ0) is 12.8. The van der Waals surface area contributed by atoms with E-state index < -0.39 is 0 Å². The Morgan fingerprint density at radius 2 is 1.65 bits per heavy atom. The van der Waals surface area contributed by atoms with Crippen LogP contribution >= 0.6 is 23.2 Å². The number of rotatable bonds is 6. The molecule has 0 aliphatic rings. The second-order valence-electron chi connectivity index (χ2n) is 4.87. The van der Waals surface area contributed by atoms with Gasteiger partial charge in [-0.05, 0) is 43.1 Å². The lowest BCUT2D eigenvalue weighted by molar-refractivity contribution is 0.470. The average molecular weight is 274 g/mol. The molecule has 0 heterocycles. The van der Waals surface area contributed by atoms with Crippen molar-refractivity contribution in [2.45, 2.75) is 39.2 Å². The lowest BCUT2D eigenvalue weighted by atomic mass is 9.98. The molecule has 0 radical (unpaired) electrons. The highest BCUT2D eigenvalue weighted by atomic mass is 35.5. The second-order valence-corrected chi connectivity index (χ2v) is 5.74. The van der Waals surface area contributed by atoms with Gasteiger partial charge in [0.25, 0.3) is 0 Å². The van der Waals surface area contributed by atoms with Crippen molar-refractivity contribution >= 4 is 23.2 Å². The molecular formula is C14H21Cl2N. The molecule has 1 aromatic rings. The molecule has 1 atom stereocenters. The fourth-order valence-corrected chi connectivity index (χ4v) is 2.53. The van der Waals surface area contributed by atoms with Crippen LogP contribution in [0, 0.1) is 5.92 Å². The van der Waals surface area contributed by atoms with Crippen LogP contribution in [0.2, 0.25) is 10.0 Å². The summed E-state index contributed by atoms with van der Waals surface area (Å²) in [4.78, 5) is 0. The first-order valence-electron chi connectivity index (χ1n) is 6.16. The van der Waals surface area contributed by atoms with Gasteiger partial charge in [0.15, 0.2) is 0 Å².